The fourth-order valence-corrected chi connectivity index (χ4v) is 6.12. The summed E-state index contributed by atoms with van der Waals surface area (Å²) in [6.45, 7) is 4.68. The molecule has 1 unspecified atom stereocenters. The predicted molar refractivity (Wildman–Crippen MR) is 120 cm³/mol. The van der Waals surface area contributed by atoms with Crippen molar-refractivity contribution >= 4 is 33.6 Å². The molecule has 8 nitrogen and oxygen atoms in total. The predicted octanol–water partition coefficient (Wildman–Crippen LogP) is 2.05. The van der Waals surface area contributed by atoms with Crippen LogP contribution >= 0.6 is 11.8 Å². The number of methoxy groups -OCH3 is 1. The highest BCUT2D eigenvalue weighted by Crippen LogP contribution is 2.32. The molecule has 3 rings (SSSR count). The van der Waals surface area contributed by atoms with Gasteiger partial charge in [0, 0.05) is 32.1 Å². The molecule has 31 heavy (non-hydrogen) atoms. The van der Waals surface area contributed by atoms with E-state index >= 15 is 0 Å². The average molecular weight is 470 g/mol. The zero-order valence-corrected chi connectivity index (χ0v) is 19.9. The fourth-order valence-electron chi connectivity index (χ4n) is 3.86. The van der Waals surface area contributed by atoms with Crippen molar-refractivity contribution in [2.45, 2.75) is 61.9 Å². The van der Waals surface area contributed by atoms with E-state index in [9.17, 15) is 18.0 Å². The van der Waals surface area contributed by atoms with E-state index in [4.69, 9.17) is 4.74 Å². The second-order valence-electron chi connectivity index (χ2n) is 8.02. The zero-order chi connectivity index (χ0) is 22.6. The third-order valence-electron chi connectivity index (χ3n) is 5.68. The van der Waals surface area contributed by atoms with Crippen LogP contribution in [0.25, 0.3) is 0 Å². The van der Waals surface area contributed by atoms with Crippen molar-refractivity contribution in [2.24, 2.45) is 0 Å². The van der Waals surface area contributed by atoms with Gasteiger partial charge in [-0.25, -0.2) is 8.42 Å². The highest BCUT2D eigenvalue weighted by Gasteiger charge is 2.38. The molecule has 172 valence electrons. The lowest BCUT2D eigenvalue weighted by Crippen LogP contribution is -2.50. The van der Waals surface area contributed by atoms with E-state index < -0.39 is 15.4 Å². The van der Waals surface area contributed by atoms with Crippen molar-refractivity contribution in [2.75, 3.05) is 26.0 Å². The summed E-state index contributed by atoms with van der Waals surface area (Å²) in [5.74, 6) is 0.928. The number of thioether (sulfide) groups is 1. The van der Waals surface area contributed by atoms with E-state index in [1.54, 1.807) is 26.0 Å². The maximum absolute atomic E-state index is 13.0. The maximum atomic E-state index is 13.0. The first-order valence-corrected chi connectivity index (χ1v) is 13.1. The van der Waals surface area contributed by atoms with Crippen molar-refractivity contribution in [1.29, 1.82) is 0 Å². The van der Waals surface area contributed by atoms with Crippen LogP contribution in [0.1, 0.15) is 39.5 Å². The summed E-state index contributed by atoms with van der Waals surface area (Å²) in [5.41, 5.74) is 0. The normalized spacial score (nSPS) is 18.5. The van der Waals surface area contributed by atoms with Gasteiger partial charge in [0.1, 0.15) is 5.75 Å². The molecule has 1 aliphatic carbocycles. The lowest BCUT2D eigenvalue weighted by molar-refractivity contribution is -0.134. The quantitative estimate of drug-likeness (QED) is 0.556. The van der Waals surface area contributed by atoms with Gasteiger partial charge in [-0.2, -0.15) is 4.72 Å². The van der Waals surface area contributed by atoms with Crippen molar-refractivity contribution in [3.63, 3.8) is 0 Å². The van der Waals surface area contributed by atoms with Crippen LogP contribution in [0.15, 0.2) is 29.2 Å². The van der Waals surface area contributed by atoms with Crippen molar-refractivity contribution in [1.82, 2.24) is 14.5 Å². The molecule has 2 amide bonds. The molecular formula is C21H31N3O5S2. The Morgan fingerprint density at radius 3 is 2.26 bits per heavy atom. The van der Waals surface area contributed by atoms with E-state index in [1.807, 2.05) is 9.80 Å². The smallest absolute Gasteiger partial charge is 0.241 e. The van der Waals surface area contributed by atoms with Crippen LogP contribution in [-0.4, -0.2) is 73.4 Å². The number of carbonyl (C=O) groups is 2. The van der Waals surface area contributed by atoms with Gasteiger partial charge in [0.25, 0.3) is 0 Å². The number of piperidine rings is 1. The van der Waals surface area contributed by atoms with Gasteiger partial charge in [0.05, 0.1) is 23.1 Å². The molecule has 0 spiro atoms. The van der Waals surface area contributed by atoms with Crippen molar-refractivity contribution in [3.8, 4) is 5.75 Å². The summed E-state index contributed by atoms with van der Waals surface area (Å²) in [6.07, 6.45) is 3.63. The minimum absolute atomic E-state index is 0.0456. The number of hydrogen-bond acceptors (Lipinski definition) is 6. The standard InChI is InChI=1S/C21H31N3O5S2/c1-15(22-31(27,28)20-8-6-19(29-3)7-9-20)30-14-21(26)24(17-4-5-17)18-10-12-23(13-11-18)16(2)25/h6-9,15,17-18,22H,4-5,10-14H2,1-3H3. The lowest BCUT2D eigenvalue weighted by Gasteiger charge is -2.38. The third-order valence-corrected chi connectivity index (χ3v) is 8.42. The summed E-state index contributed by atoms with van der Waals surface area (Å²) in [7, 11) is -2.16. The monoisotopic (exact) mass is 469 g/mol. The van der Waals surface area contributed by atoms with Crippen LogP contribution in [0.4, 0.5) is 0 Å². The fraction of sp³-hybridized carbons (Fsp3) is 0.619. The lowest BCUT2D eigenvalue weighted by atomic mass is 10.0. The van der Waals surface area contributed by atoms with E-state index in [-0.39, 0.29) is 34.5 Å². The first kappa shape index (κ1) is 23.9. The molecule has 1 heterocycles. The molecule has 2 fully saturated rings. The number of amides is 2. The number of benzene rings is 1. The molecule has 2 aliphatic rings. The maximum Gasteiger partial charge on any atom is 0.241 e. The SMILES string of the molecule is COc1ccc(S(=O)(=O)NC(C)SCC(=O)N(C2CC2)C2CCN(C(C)=O)CC2)cc1. The highest BCUT2D eigenvalue weighted by atomic mass is 32.2. The second kappa shape index (κ2) is 10.2. The number of hydrogen-bond donors (Lipinski definition) is 1. The molecule has 0 aromatic heterocycles. The number of nitrogens with zero attached hydrogens (tertiary/aromatic N) is 2. The third kappa shape index (κ3) is 6.36. The molecule has 1 atom stereocenters. The largest absolute Gasteiger partial charge is 0.497 e. The summed E-state index contributed by atoms with van der Waals surface area (Å²) in [4.78, 5) is 28.5. The summed E-state index contributed by atoms with van der Waals surface area (Å²) in [6, 6.07) is 6.62. The minimum atomic E-state index is -3.68. The van der Waals surface area contributed by atoms with E-state index in [1.165, 1.54) is 31.0 Å². The van der Waals surface area contributed by atoms with Crippen molar-refractivity contribution in [3.05, 3.63) is 24.3 Å². The molecular weight excluding hydrogens is 438 g/mol. The molecule has 1 N–H and O–H groups in total. The van der Waals surface area contributed by atoms with Gasteiger partial charge < -0.3 is 14.5 Å². The van der Waals surface area contributed by atoms with Gasteiger partial charge >= 0.3 is 0 Å². The zero-order valence-electron chi connectivity index (χ0n) is 18.2. The first-order valence-electron chi connectivity index (χ1n) is 10.6. The minimum Gasteiger partial charge on any atom is -0.497 e. The Morgan fingerprint density at radius 1 is 1.16 bits per heavy atom. The Kier molecular flexibility index (Phi) is 7.87. The number of carbonyl (C=O) groups excluding carboxylic acids is 2. The number of sulfonamides is 1. The van der Waals surface area contributed by atoms with Crippen LogP contribution in [0.2, 0.25) is 0 Å². The van der Waals surface area contributed by atoms with E-state index in [0.717, 1.165) is 25.7 Å². The highest BCUT2D eigenvalue weighted by molar-refractivity contribution is 8.01. The molecule has 0 bridgehead atoms. The van der Waals surface area contributed by atoms with Gasteiger partial charge in [-0.1, -0.05) is 0 Å². The van der Waals surface area contributed by atoms with Gasteiger partial charge in [0.15, 0.2) is 0 Å². The summed E-state index contributed by atoms with van der Waals surface area (Å²) < 4.78 is 32.8. The molecule has 10 heteroatoms. The van der Waals surface area contributed by atoms with E-state index in [0.29, 0.717) is 18.8 Å². The van der Waals surface area contributed by atoms with Crippen molar-refractivity contribution < 1.29 is 22.7 Å². The van der Waals surface area contributed by atoms with Crippen LogP contribution in [0.3, 0.4) is 0 Å². The van der Waals surface area contributed by atoms with Crippen LogP contribution in [-0.2, 0) is 19.6 Å². The molecule has 1 aromatic rings. The van der Waals surface area contributed by atoms with Gasteiger partial charge in [-0.15, -0.1) is 11.8 Å². The van der Waals surface area contributed by atoms with Crippen LogP contribution in [0, 0.1) is 0 Å². The number of ether oxygens (including phenoxy) is 1. The Balaban J connectivity index is 1.52. The number of rotatable bonds is 9. The molecule has 0 radical (unpaired) electrons. The Labute approximate surface area is 188 Å². The Morgan fingerprint density at radius 2 is 1.74 bits per heavy atom. The van der Waals surface area contributed by atoms with Crippen LogP contribution < -0.4 is 9.46 Å². The number of likely N-dealkylation sites (tertiary alicyclic amines) is 1. The van der Waals surface area contributed by atoms with Crippen LogP contribution in [0.5, 0.6) is 5.75 Å². The first-order chi connectivity index (χ1) is 14.7. The number of nitrogens with one attached hydrogen (secondary N) is 1. The molecule has 1 saturated heterocycles. The second-order valence-corrected chi connectivity index (χ2v) is 11.1. The molecule has 1 aliphatic heterocycles. The van der Waals surface area contributed by atoms with Gasteiger partial charge in [-0.05, 0) is 56.9 Å². The molecule has 1 aromatic carbocycles. The average Bonchev–Trinajstić information content (AvgIpc) is 3.57. The van der Waals surface area contributed by atoms with Gasteiger partial charge in [-0.3, -0.25) is 9.59 Å². The Hall–Kier alpha value is -1.78. The van der Waals surface area contributed by atoms with E-state index in [2.05, 4.69) is 4.72 Å². The topological polar surface area (TPSA) is 96.0 Å². The molecule has 1 saturated carbocycles. The Bertz CT molecular complexity index is 879. The summed E-state index contributed by atoms with van der Waals surface area (Å²) >= 11 is 1.29. The summed E-state index contributed by atoms with van der Waals surface area (Å²) in [5, 5.41) is -0.448. The van der Waals surface area contributed by atoms with Gasteiger partial charge in [0.2, 0.25) is 21.8 Å².